The second-order valence-electron chi connectivity index (χ2n) is 3.39. The molecule has 0 fully saturated rings. The quantitative estimate of drug-likeness (QED) is 0.355. The van der Waals surface area contributed by atoms with Crippen LogP contribution in [-0.2, 0) is 16.5 Å². The summed E-state index contributed by atoms with van der Waals surface area (Å²) in [6.45, 7) is 1.19. The number of nitrogens with zero attached hydrogens (tertiary/aromatic N) is 3. The molecule has 1 unspecified atom stereocenters. The molecule has 0 aliphatic carbocycles. The van der Waals surface area contributed by atoms with Crippen molar-refractivity contribution in [3.63, 3.8) is 0 Å². The van der Waals surface area contributed by atoms with E-state index < -0.39 is 37.0 Å². The van der Waals surface area contributed by atoms with Crippen molar-refractivity contribution in [1.29, 1.82) is 0 Å². The zero-order chi connectivity index (χ0) is 14.1. The van der Waals surface area contributed by atoms with Gasteiger partial charge >= 0.3 is 5.69 Å². The summed E-state index contributed by atoms with van der Waals surface area (Å²) >= 11 is 5.46. The van der Waals surface area contributed by atoms with Crippen LogP contribution in [0.15, 0.2) is 0 Å². The largest absolute Gasteiger partial charge is 0.488 e. The molecule has 0 saturated heterocycles. The molecule has 1 rings (SSSR count). The van der Waals surface area contributed by atoms with E-state index in [1.54, 1.807) is 0 Å². The SMILES string of the molecule is CC(Cc1nc(O)c([N+](=O)[O-])c(Cl)n1)S(=O)(=O)O. The molecule has 100 valence electrons. The highest BCUT2D eigenvalue weighted by Gasteiger charge is 2.25. The van der Waals surface area contributed by atoms with Crippen molar-refractivity contribution in [3.8, 4) is 5.88 Å². The summed E-state index contributed by atoms with van der Waals surface area (Å²) in [5.41, 5.74) is -0.861. The maximum atomic E-state index is 10.8. The molecule has 1 atom stereocenters. The Balaban J connectivity index is 3.12. The third-order valence-electron chi connectivity index (χ3n) is 2.03. The van der Waals surface area contributed by atoms with Gasteiger partial charge in [-0.15, -0.1) is 0 Å². The van der Waals surface area contributed by atoms with E-state index >= 15 is 0 Å². The van der Waals surface area contributed by atoms with Gasteiger partial charge < -0.3 is 5.11 Å². The van der Waals surface area contributed by atoms with Gasteiger partial charge in [-0.2, -0.15) is 13.4 Å². The van der Waals surface area contributed by atoms with Crippen molar-refractivity contribution < 1.29 is 23.0 Å². The number of hydrogen-bond donors (Lipinski definition) is 2. The number of aromatic nitrogens is 2. The molecule has 0 aliphatic heterocycles. The van der Waals surface area contributed by atoms with Crippen LogP contribution in [0.5, 0.6) is 5.88 Å². The van der Waals surface area contributed by atoms with Crippen LogP contribution in [0.4, 0.5) is 5.69 Å². The third kappa shape index (κ3) is 3.24. The van der Waals surface area contributed by atoms with Crippen molar-refractivity contribution in [2.45, 2.75) is 18.6 Å². The van der Waals surface area contributed by atoms with Crippen molar-refractivity contribution in [2.24, 2.45) is 0 Å². The summed E-state index contributed by atoms with van der Waals surface area (Å²) in [5, 5.41) is 17.9. The number of nitro groups is 1. The highest BCUT2D eigenvalue weighted by atomic mass is 35.5. The van der Waals surface area contributed by atoms with Gasteiger partial charge in [0.2, 0.25) is 5.15 Å². The van der Waals surface area contributed by atoms with Crippen LogP contribution < -0.4 is 0 Å². The number of aromatic hydroxyl groups is 1. The third-order valence-corrected chi connectivity index (χ3v) is 3.48. The lowest BCUT2D eigenvalue weighted by Crippen LogP contribution is -2.20. The van der Waals surface area contributed by atoms with E-state index in [1.165, 1.54) is 6.92 Å². The molecule has 0 aromatic carbocycles. The van der Waals surface area contributed by atoms with Crippen LogP contribution in [0, 0.1) is 10.1 Å². The summed E-state index contributed by atoms with van der Waals surface area (Å²) in [4.78, 5) is 16.4. The molecular weight excluding hydrogens is 290 g/mol. The first-order valence-electron chi connectivity index (χ1n) is 4.49. The Hall–Kier alpha value is -1.52. The summed E-state index contributed by atoms with van der Waals surface area (Å²) < 4.78 is 30.3. The smallest absolute Gasteiger partial charge is 0.367 e. The lowest BCUT2D eigenvalue weighted by Gasteiger charge is -2.07. The molecule has 0 saturated carbocycles. The van der Waals surface area contributed by atoms with Gasteiger partial charge in [0.05, 0.1) is 10.2 Å². The maximum Gasteiger partial charge on any atom is 0.367 e. The summed E-state index contributed by atoms with van der Waals surface area (Å²) in [5.74, 6) is -1.19. The van der Waals surface area contributed by atoms with E-state index in [2.05, 4.69) is 9.97 Å². The van der Waals surface area contributed by atoms with Gasteiger partial charge in [0.25, 0.3) is 16.0 Å². The first-order chi connectivity index (χ1) is 8.12. The molecule has 9 nitrogen and oxygen atoms in total. The molecule has 0 bridgehead atoms. The lowest BCUT2D eigenvalue weighted by molar-refractivity contribution is -0.386. The Morgan fingerprint density at radius 2 is 2.06 bits per heavy atom. The van der Waals surface area contributed by atoms with Gasteiger partial charge in [0, 0.05) is 6.42 Å². The van der Waals surface area contributed by atoms with Gasteiger partial charge in [-0.3, -0.25) is 14.7 Å². The van der Waals surface area contributed by atoms with Crippen molar-refractivity contribution in [1.82, 2.24) is 9.97 Å². The summed E-state index contributed by atoms with van der Waals surface area (Å²) in [7, 11) is -4.29. The minimum atomic E-state index is -4.29. The van der Waals surface area contributed by atoms with E-state index in [1.807, 2.05) is 0 Å². The van der Waals surface area contributed by atoms with Crippen LogP contribution in [0.3, 0.4) is 0 Å². The topological polar surface area (TPSA) is 144 Å². The van der Waals surface area contributed by atoms with Crippen molar-refractivity contribution in [2.75, 3.05) is 0 Å². The molecule has 0 aliphatic rings. The summed E-state index contributed by atoms with van der Waals surface area (Å²) in [6.07, 6.45) is -0.343. The van der Waals surface area contributed by atoms with E-state index in [9.17, 15) is 23.6 Å². The molecule has 1 aromatic heterocycles. The first kappa shape index (κ1) is 14.5. The van der Waals surface area contributed by atoms with E-state index in [0.29, 0.717) is 0 Å². The van der Waals surface area contributed by atoms with Gasteiger partial charge in [-0.25, -0.2) is 4.98 Å². The first-order valence-corrected chi connectivity index (χ1v) is 6.37. The standard InChI is InChI=1S/C7H8ClN3O6S/c1-3(18(15,16)17)2-4-9-6(8)5(11(13)14)7(12)10-4/h3H,2H2,1H3,(H,9,10,12)(H,15,16,17). The zero-order valence-electron chi connectivity index (χ0n) is 8.94. The Kier molecular flexibility index (Phi) is 4.04. The van der Waals surface area contributed by atoms with E-state index in [-0.39, 0.29) is 12.2 Å². The molecular formula is C7H8ClN3O6S. The van der Waals surface area contributed by atoms with E-state index in [4.69, 9.17) is 16.2 Å². The highest BCUT2D eigenvalue weighted by molar-refractivity contribution is 7.86. The fraction of sp³-hybridized carbons (Fsp3) is 0.429. The molecule has 0 radical (unpaired) electrons. The number of hydrogen-bond acceptors (Lipinski definition) is 7. The van der Waals surface area contributed by atoms with Gasteiger partial charge in [0.15, 0.2) is 0 Å². The van der Waals surface area contributed by atoms with Crippen LogP contribution in [0.2, 0.25) is 5.15 Å². The highest BCUT2D eigenvalue weighted by Crippen LogP contribution is 2.30. The molecule has 11 heteroatoms. The lowest BCUT2D eigenvalue weighted by atomic mass is 10.3. The molecule has 18 heavy (non-hydrogen) atoms. The average Bonchev–Trinajstić information content (AvgIpc) is 2.13. The monoisotopic (exact) mass is 297 g/mol. The molecule has 2 N–H and O–H groups in total. The normalized spacial score (nSPS) is 13.3. The second-order valence-corrected chi connectivity index (χ2v) is 5.58. The Morgan fingerprint density at radius 3 is 2.44 bits per heavy atom. The Labute approximate surface area is 106 Å². The predicted molar refractivity (Wildman–Crippen MR) is 60.1 cm³/mol. The molecule has 1 aromatic rings. The minimum absolute atomic E-state index is 0.228. The number of rotatable bonds is 4. The Morgan fingerprint density at radius 1 is 1.50 bits per heavy atom. The molecule has 0 amide bonds. The van der Waals surface area contributed by atoms with Crippen LogP contribution >= 0.6 is 11.6 Å². The van der Waals surface area contributed by atoms with Crippen LogP contribution in [0.25, 0.3) is 0 Å². The van der Waals surface area contributed by atoms with Crippen LogP contribution in [0.1, 0.15) is 12.7 Å². The van der Waals surface area contributed by atoms with Gasteiger partial charge in [0.1, 0.15) is 5.82 Å². The zero-order valence-corrected chi connectivity index (χ0v) is 10.5. The fourth-order valence-electron chi connectivity index (χ4n) is 1.07. The summed E-state index contributed by atoms with van der Waals surface area (Å²) in [6, 6.07) is 0. The number of halogens is 1. The minimum Gasteiger partial charge on any atom is -0.488 e. The van der Waals surface area contributed by atoms with Crippen LogP contribution in [-0.4, -0.2) is 38.2 Å². The second kappa shape index (κ2) is 5.00. The Bertz CT molecular complexity index is 566. The fourth-order valence-corrected chi connectivity index (χ4v) is 1.68. The molecule has 1 heterocycles. The van der Waals surface area contributed by atoms with Gasteiger partial charge in [-0.1, -0.05) is 11.6 Å². The maximum absolute atomic E-state index is 10.8. The molecule has 0 spiro atoms. The van der Waals surface area contributed by atoms with Crippen molar-refractivity contribution in [3.05, 3.63) is 21.1 Å². The van der Waals surface area contributed by atoms with Gasteiger partial charge in [-0.05, 0) is 6.92 Å². The average molecular weight is 298 g/mol. The van der Waals surface area contributed by atoms with Crippen molar-refractivity contribution >= 4 is 27.4 Å². The van der Waals surface area contributed by atoms with E-state index in [0.717, 1.165) is 0 Å². The predicted octanol–water partition coefficient (Wildman–Crippen LogP) is 0.563.